The van der Waals surface area contributed by atoms with Crippen LogP contribution in [0.3, 0.4) is 0 Å². The van der Waals surface area contributed by atoms with Gasteiger partial charge in [0.1, 0.15) is 0 Å². The van der Waals surface area contributed by atoms with Gasteiger partial charge in [0.25, 0.3) is 0 Å². The number of aliphatic imine (C=N–C) groups is 1. The minimum atomic E-state index is 0. The Kier molecular flexibility index (Phi) is 7.39. The van der Waals surface area contributed by atoms with Crippen LogP contribution in [0.2, 0.25) is 0 Å². The lowest BCUT2D eigenvalue weighted by atomic mass is 9.98. The van der Waals surface area contributed by atoms with Crippen LogP contribution in [0.4, 0.5) is 0 Å². The van der Waals surface area contributed by atoms with Crippen LogP contribution in [-0.2, 0) is 12.0 Å². The second-order valence-electron chi connectivity index (χ2n) is 6.45. The van der Waals surface area contributed by atoms with Crippen molar-refractivity contribution in [2.75, 3.05) is 7.05 Å². The highest BCUT2D eigenvalue weighted by molar-refractivity contribution is 14.0. The standard InChI is InChI=1S/C15H26N4S.HI/c1-15(2,3)13-18-12(10-20-13)9-17-14(16-4)19-11-7-5-6-8-11;/h10-11H,5-9H2,1-4H3,(H2,16,17,19);1H. The monoisotopic (exact) mass is 422 g/mol. The molecule has 0 saturated heterocycles. The fourth-order valence-electron chi connectivity index (χ4n) is 2.37. The molecule has 0 amide bonds. The van der Waals surface area contributed by atoms with Crippen molar-refractivity contribution in [3.05, 3.63) is 16.1 Å². The number of guanidine groups is 1. The van der Waals surface area contributed by atoms with Crippen molar-refractivity contribution >= 4 is 41.3 Å². The van der Waals surface area contributed by atoms with Gasteiger partial charge in [-0.15, -0.1) is 35.3 Å². The zero-order chi connectivity index (χ0) is 14.6. The molecular weight excluding hydrogens is 395 g/mol. The molecule has 0 bridgehead atoms. The van der Waals surface area contributed by atoms with Crippen LogP contribution in [0.1, 0.15) is 57.2 Å². The van der Waals surface area contributed by atoms with E-state index in [2.05, 4.69) is 41.8 Å². The van der Waals surface area contributed by atoms with Crippen LogP contribution in [0.15, 0.2) is 10.4 Å². The Balaban J connectivity index is 0.00000220. The first-order valence-corrected chi connectivity index (χ1v) is 8.29. The highest BCUT2D eigenvalue weighted by Gasteiger charge is 2.18. The Morgan fingerprint density at radius 3 is 2.57 bits per heavy atom. The molecule has 0 aliphatic heterocycles. The van der Waals surface area contributed by atoms with Crippen LogP contribution in [0, 0.1) is 0 Å². The zero-order valence-corrected chi connectivity index (χ0v) is 16.5. The van der Waals surface area contributed by atoms with E-state index in [1.54, 1.807) is 11.3 Å². The van der Waals surface area contributed by atoms with E-state index < -0.39 is 0 Å². The second kappa shape index (κ2) is 8.31. The Morgan fingerprint density at radius 1 is 1.38 bits per heavy atom. The average Bonchev–Trinajstić information content (AvgIpc) is 3.04. The molecule has 1 aliphatic carbocycles. The molecule has 0 radical (unpaired) electrons. The van der Waals surface area contributed by atoms with Gasteiger partial charge in [0, 0.05) is 23.9 Å². The molecule has 1 aliphatic rings. The maximum Gasteiger partial charge on any atom is 0.191 e. The molecular formula is C15H27IN4S. The molecule has 2 N–H and O–H groups in total. The average molecular weight is 422 g/mol. The summed E-state index contributed by atoms with van der Waals surface area (Å²) in [6.45, 7) is 7.33. The summed E-state index contributed by atoms with van der Waals surface area (Å²) < 4.78 is 0. The molecule has 1 saturated carbocycles. The lowest BCUT2D eigenvalue weighted by Crippen LogP contribution is -2.42. The highest BCUT2D eigenvalue weighted by Crippen LogP contribution is 2.25. The fraction of sp³-hybridized carbons (Fsp3) is 0.733. The maximum atomic E-state index is 4.69. The summed E-state index contributed by atoms with van der Waals surface area (Å²) >= 11 is 1.74. The van der Waals surface area contributed by atoms with E-state index in [4.69, 9.17) is 4.98 Å². The van der Waals surface area contributed by atoms with E-state index in [0.717, 1.165) is 18.2 Å². The van der Waals surface area contributed by atoms with Crippen molar-refractivity contribution in [3.63, 3.8) is 0 Å². The van der Waals surface area contributed by atoms with Crippen molar-refractivity contribution in [1.82, 2.24) is 15.6 Å². The molecule has 120 valence electrons. The van der Waals surface area contributed by atoms with Crippen molar-refractivity contribution in [2.45, 2.75) is 64.5 Å². The topological polar surface area (TPSA) is 49.3 Å². The predicted octanol–water partition coefficient (Wildman–Crippen LogP) is 3.67. The molecule has 0 atom stereocenters. The van der Waals surface area contributed by atoms with Gasteiger partial charge < -0.3 is 10.6 Å². The summed E-state index contributed by atoms with van der Waals surface area (Å²) in [5, 5.41) is 10.2. The van der Waals surface area contributed by atoms with E-state index >= 15 is 0 Å². The normalized spacial score (nSPS) is 16.7. The van der Waals surface area contributed by atoms with Gasteiger partial charge in [0.15, 0.2) is 5.96 Å². The van der Waals surface area contributed by atoms with Crippen molar-refractivity contribution in [1.29, 1.82) is 0 Å². The zero-order valence-electron chi connectivity index (χ0n) is 13.4. The molecule has 1 heterocycles. The van der Waals surface area contributed by atoms with Gasteiger partial charge in [-0.2, -0.15) is 0 Å². The van der Waals surface area contributed by atoms with E-state index in [1.807, 2.05) is 7.05 Å². The number of nitrogens with zero attached hydrogens (tertiary/aromatic N) is 2. The SMILES string of the molecule is CN=C(NCc1csc(C(C)(C)C)n1)NC1CCCC1.I. The number of rotatable bonds is 3. The Hall–Kier alpha value is -0.370. The number of hydrogen-bond donors (Lipinski definition) is 2. The molecule has 2 rings (SSSR count). The lowest BCUT2D eigenvalue weighted by molar-refractivity contribution is 0.581. The smallest absolute Gasteiger partial charge is 0.191 e. The summed E-state index contributed by atoms with van der Waals surface area (Å²) in [5.41, 5.74) is 1.22. The quantitative estimate of drug-likeness (QED) is 0.444. The molecule has 4 nitrogen and oxygen atoms in total. The molecule has 1 aromatic heterocycles. The lowest BCUT2D eigenvalue weighted by Gasteiger charge is -2.16. The molecule has 0 aromatic carbocycles. The summed E-state index contributed by atoms with van der Waals surface area (Å²) in [4.78, 5) is 8.99. The fourth-order valence-corrected chi connectivity index (χ4v) is 3.27. The molecule has 0 spiro atoms. The summed E-state index contributed by atoms with van der Waals surface area (Å²) in [5.74, 6) is 0.891. The number of hydrogen-bond acceptors (Lipinski definition) is 3. The van der Waals surface area contributed by atoms with E-state index in [1.165, 1.54) is 30.7 Å². The molecule has 21 heavy (non-hydrogen) atoms. The van der Waals surface area contributed by atoms with Gasteiger partial charge in [-0.3, -0.25) is 4.99 Å². The predicted molar refractivity (Wildman–Crippen MR) is 102 cm³/mol. The van der Waals surface area contributed by atoms with Gasteiger partial charge in [-0.1, -0.05) is 33.6 Å². The molecule has 0 unspecified atom stereocenters. The third-order valence-electron chi connectivity index (χ3n) is 3.55. The number of halogens is 1. The van der Waals surface area contributed by atoms with Crippen molar-refractivity contribution in [2.24, 2.45) is 4.99 Å². The molecule has 1 aromatic rings. The second-order valence-corrected chi connectivity index (χ2v) is 7.30. The van der Waals surface area contributed by atoms with Crippen molar-refractivity contribution in [3.8, 4) is 0 Å². The first kappa shape index (κ1) is 18.7. The van der Waals surface area contributed by atoms with Gasteiger partial charge in [0.05, 0.1) is 17.2 Å². The number of aromatic nitrogens is 1. The Morgan fingerprint density at radius 2 is 2.05 bits per heavy atom. The third-order valence-corrected chi connectivity index (χ3v) is 4.87. The number of thiazole rings is 1. The highest BCUT2D eigenvalue weighted by atomic mass is 127. The van der Waals surface area contributed by atoms with Gasteiger partial charge in [-0.25, -0.2) is 4.98 Å². The molecule has 6 heteroatoms. The van der Waals surface area contributed by atoms with E-state index in [0.29, 0.717) is 6.04 Å². The van der Waals surface area contributed by atoms with Crippen LogP contribution >= 0.6 is 35.3 Å². The summed E-state index contributed by atoms with van der Waals surface area (Å²) in [6, 6.07) is 0.585. The van der Waals surface area contributed by atoms with Crippen LogP contribution < -0.4 is 10.6 Å². The van der Waals surface area contributed by atoms with Crippen molar-refractivity contribution < 1.29 is 0 Å². The van der Waals surface area contributed by atoms with Crippen LogP contribution in [-0.4, -0.2) is 24.0 Å². The maximum absolute atomic E-state index is 4.69. The third kappa shape index (κ3) is 5.73. The van der Waals surface area contributed by atoms with Gasteiger partial charge >= 0.3 is 0 Å². The Bertz CT molecular complexity index is 458. The minimum Gasteiger partial charge on any atom is -0.354 e. The van der Waals surface area contributed by atoms with Gasteiger partial charge in [-0.05, 0) is 12.8 Å². The van der Waals surface area contributed by atoms with Gasteiger partial charge in [0.2, 0.25) is 0 Å². The Labute approximate surface area is 149 Å². The molecule has 1 fully saturated rings. The first-order valence-electron chi connectivity index (χ1n) is 7.41. The van der Waals surface area contributed by atoms with E-state index in [9.17, 15) is 0 Å². The summed E-state index contributed by atoms with van der Waals surface area (Å²) in [7, 11) is 1.83. The minimum absolute atomic E-state index is 0. The van der Waals surface area contributed by atoms with Crippen LogP contribution in [0.25, 0.3) is 0 Å². The first-order chi connectivity index (χ1) is 9.49. The van der Waals surface area contributed by atoms with E-state index in [-0.39, 0.29) is 29.4 Å². The summed E-state index contributed by atoms with van der Waals surface area (Å²) in [6.07, 6.45) is 5.17. The van der Waals surface area contributed by atoms with Crippen LogP contribution in [0.5, 0.6) is 0 Å². The largest absolute Gasteiger partial charge is 0.354 e. The number of nitrogens with one attached hydrogen (secondary N) is 2.